The van der Waals surface area contributed by atoms with Gasteiger partial charge in [-0.05, 0) is 48.5 Å². The summed E-state index contributed by atoms with van der Waals surface area (Å²) in [6.07, 6.45) is 1.92. The van der Waals surface area contributed by atoms with Crippen LogP contribution in [0.1, 0.15) is 0 Å². The third-order valence-electron chi connectivity index (χ3n) is 8.72. The van der Waals surface area contributed by atoms with Gasteiger partial charge < -0.3 is 4.57 Å². The lowest BCUT2D eigenvalue weighted by Crippen LogP contribution is -2.02. The summed E-state index contributed by atoms with van der Waals surface area (Å²) in [5.74, 6) is 1.37. The predicted molar refractivity (Wildman–Crippen MR) is 193 cm³/mol. The fourth-order valence-electron chi connectivity index (χ4n) is 6.48. The zero-order valence-corrected chi connectivity index (χ0v) is 25.8. The lowest BCUT2D eigenvalue weighted by molar-refractivity contribution is 1.05. The van der Waals surface area contributed by atoms with Crippen LogP contribution >= 0.6 is 0 Å². The molecule has 4 aromatic heterocycles. The number of benzene rings is 5. The molecular formula is C42H28N6. The minimum absolute atomic E-state index is 0.657. The van der Waals surface area contributed by atoms with Crippen molar-refractivity contribution in [1.82, 2.24) is 29.3 Å². The molecule has 0 saturated heterocycles. The molecule has 9 rings (SSSR count). The Morgan fingerprint density at radius 2 is 0.896 bits per heavy atom. The van der Waals surface area contributed by atoms with Gasteiger partial charge in [-0.15, -0.1) is 10.2 Å². The molecule has 226 valence electrons. The van der Waals surface area contributed by atoms with Crippen LogP contribution in [0.2, 0.25) is 0 Å². The molecule has 0 unspecified atom stereocenters. The van der Waals surface area contributed by atoms with E-state index in [1.165, 1.54) is 10.8 Å². The molecule has 0 N–H and O–H groups in total. The summed E-state index contributed by atoms with van der Waals surface area (Å²) in [6.45, 7) is 0. The topological polar surface area (TPSA) is 61.4 Å². The molecule has 0 aliphatic heterocycles. The molecule has 6 heteroatoms. The number of aromatic nitrogens is 6. The first kappa shape index (κ1) is 27.6. The molecule has 5 aromatic carbocycles. The van der Waals surface area contributed by atoms with Gasteiger partial charge in [0.25, 0.3) is 0 Å². The van der Waals surface area contributed by atoms with E-state index in [0.717, 1.165) is 56.2 Å². The Kier molecular flexibility index (Phi) is 6.68. The average molecular weight is 617 g/mol. The maximum atomic E-state index is 5.07. The van der Waals surface area contributed by atoms with Gasteiger partial charge in [-0.25, -0.2) is 4.98 Å². The second-order valence-corrected chi connectivity index (χ2v) is 11.6. The number of hydrogen-bond acceptors (Lipinski definition) is 4. The molecular weight excluding hydrogens is 589 g/mol. The third-order valence-corrected chi connectivity index (χ3v) is 8.72. The van der Waals surface area contributed by atoms with Gasteiger partial charge in [0.2, 0.25) is 0 Å². The molecule has 0 aliphatic rings. The van der Waals surface area contributed by atoms with Gasteiger partial charge in [0, 0.05) is 33.2 Å². The molecule has 0 atom stereocenters. The Morgan fingerprint density at radius 1 is 0.375 bits per heavy atom. The van der Waals surface area contributed by atoms with Crippen molar-refractivity contribution < 1.29 is 0 Å². The van der Waals surface area contributed by atoms with Crippen molar-refractivity contribution >= 4 is 21.8 Å². The molecule has 6 nitrogen and oxygen atoms in total. The van der Waals surface area contributed by atoms with E-state index in [1.807, 2.05) is 66.9 Å². The van der Waals surface area contributed by atoms with E-state index in [1.54, 1.807) is 0 Å². The molecule has 0 amide bonds. The smallest absolute Gasteiger partial charge is 0.187 e. The zero-order valence-electron chi connectivity index (χ0n) is 25.8. The van der Waals surface area contributed by atoms with E-state index in [2.05, 4.69) is 112 Å². The number of rotatable bonds is 6. The summed E-state index contributed by atoms with van der Waals surface area (Å²) in [6, 6.07) is 56.0. The molecule has 0 radical (unpaired) electrons. The maximum Gasteiger partial charge on any atom is 0.187 e. The van der Waals surface area contributed by atoms with Crippen LogP contribution in [-0.4, -0.2) is 29.3 Å². The second-order valence-electron chi connectivity index (χ2n) is 11.6. The van der Waals surface area contributed by atoms with Gasteiger partial charge in [-0.2, -0.15) is 0 Å². The number of nitrogens with zero attached hydrogens (tertiary/aromatic N) is 6. The van der Waals surface area contributed by atoms with Crippen molar-refractivity contribution in [1.29, 1.82) is 0 Å². The van der Waals surface area contributed by atoms with Crippen LogP contribution in [0.4, 0.5) is 0 Å². The van der Waals surface area contributed by atoms with Crippen LogP contribution in [0.5, 0.6) is 0 Å². The minimum atomic E-state index is 0.657. The van der Waals surface area contributed by atoms with Gasteiger partial charge >= 0.3 is 0 Å². The third kappa shape index (κ3) is 4.75. The van der Waals surface area contributed by atoms with Crippen LogP contribution < -0.4 is 0 Å². The van der Waals surface area contributed by atoms with E-state index in [-0.39, 0.29) is 0 Å². The fraction of sp³-hybridized carbons (Fsp3) is 0. The van der Waals surface area contributed by atoms with Crippen LogP contribution in [-0.2, 0) is 0 Å². The number of pyridine rings is 2. The van der Waals surface area contributed by atoms with Crippen LogP contribution in [0.3, 0.4) is 0 Å². The molecule has 0 fully saturated rings. The number of hydrogen-bond donors (Lipinski definition) is 0. The first-order chi connectivity index (χ1) is 23.8. The molecule has 0 saturated carbocycles. The molecule has 4 heterocycles. The van der Waals surface area contributed by atoms with Gasteiger partial charge in [0.05, 0.1) is 34.3 Å². The summed E-state index contributed by atoms with van der Waals surface area (Å²) in [5, 5.41) is 12.0. The highest BCUT2D eigenvalue weighted by Crippen LogP contribution is 2.35. The fourth-order valence-corrected chi connectivity index (χ4v) is 6.48. The molecule has 48 heavy (non-hydrogen) atoms. The van der Waals surface area contributed by atoms with Gasteiger partial charge in [0.1, 0.15) is 5.69 Å². The van der Waals surface area contributed by atoms with Crippen LogP contribution in [0.15, 0.2) is 170 Å². The maximum absolute atomic E-state index is 5.07. The first-order valence-corrected chi connectivity index (χ1v) is 15.9. The highest BCUT2D eigenvalue weighted by molar-refractivity contribution is 6.09. The Morgan fingerprint density at radius 3 is 1.46 bits per heavy atom. The Bertz CT molecular complexity index is 2420. The highest BCUT2D eigenvalue weighted by atomic mass is 15.3. The van der Waals surface area contributed by atoms with Gasteiger partial charge in [-0.3, -0.25) is 9.55 Å². The summed E-state index contributed by atoms with van der Waals surface area (Å²) in [5.41, 5.74) is 9.64. The Hall–Kier alpha value is -6.66. The van der Waals surface area contributed by atoms with E-state index >= 15 is 0 Å². The largest absolute Gasteiger partial charge is 0.308 e. The van der Waals surface area contributed by atoms with Crippen molar-refractivity contribution in [2.75, 3.05) is 0 Å². The van der Waals surface area contributed by atoms with E-state index in [0.29, 0.717) is 11.6 Å². The lowest BCUT2D eigenvalue weighted by atomic mass is 10.0. The van der Waals surface area contributed by atoms with Crippen molar-refractivity contribution in [3.05, 3.63) is 170 Å². The number of para-hydroxylation sites is 3. The quantitative estimate of drug-likeness (QED) is 0.187. The van der Waals surface area contributed by atoms with E-state index in [4.69, 9.17) is 20.2 Å². The predicted octanol–water partition coefficient (Wildman–Crippen LogP) is 9.82. The SMILES string of the molecule is c1ccc(-c2cc(-c3nnc(-c4ccc(-n5c6ccccc6c6ccccc65)cn4)n3-c3ccccc3)cc(-c3ccccc3)n2)cc1. The zero-order chi connectivity index (χ0) is 31.9. The van der Waals surface area contributed by atoms with Gasteiger partial charge in [0.15, 0.2) is 11.6 Å². The molecule has 0 aliphatic carbocycles. The van der Waals surface area contributed by atoms with Crippen molar-refractivity contribution in [2.24, 2.45) is 0 Å². The summed E-state index contributed by atoms with van der Waals surface area (Å²) < 4.78 is 4.35. The molecule has 0 spiro atoms. The van der Waals surface area contributed by atoms with Crippen LogP contribution in [0.25, 0.3) is 78.6 Å². The summed E-state index contributed by atoms with van der Waals surface area (Å²) in [7, 11) is 0. The van der Waals surface area contributed by atoms with Crippen molar-refractivity contribution in [3.8, 4) is 56.8 Å². The Balaban J connectivity index is 1.21. The Labute approximate surface area is 277 Å². The number of fused-ring (bicyclic) bond motifs is 3. The first-order valence-electron chi connectivity index (χ1n) is 15.9. The van der Waals surface area contributed by atoms with Crippen molar-refractivity contribution in [3.63, 3.8) is 0 Å². The molecule has 0 bridgehead atoms. The summed E-state index contributed by atoms with van der Waals surface area (Å²) >= 11 is 0. The van der Waals surface area contributed by atoms with Gasteiger partial charge in [-0.1, -0.05) is 115 Å². The minimum Gasteiger partial charge on any atom is -0.308 e. The monoisotopic (exact) mass is 616 g/mol. The molecule has 9 aromatic rings. The highest BCUT2D eigenvalue weighted by Gasteiger charge is 2.21. The van der Waals surface area contributed by atoms with Crippen molar-refractivity contribution in [2.45, 2.75) is 0 Å². The van der Waals surface area contributed by atoms with E-state index in [9.17, 15) is 0 Å². The van der Waals surface area contributed by atoms with Crippen LogP contribution in [0, 0.1) is 0 Å². The normalized spacial score (nSPS) is 11.3. The summed E-state index contributed by atoms with van der Waals surface area (Å²) in [4.78, 5) is 10.1. The van der Waals surface area contributed by atoms with E-state index < -0.39 is 0 Å². The standard InChI is InChI=1S/C42H28N6/c1-4-14-29(15-5-1)37-26-31(27-38(44-37)30-16-6-2-7-17-30)41-45-46-42(48(41)32-18-8-3-9-19-32)36-25-24-33(28-43-36)47-39-22-12-10-20-34(39)35-21-11-13-23-40(35)47/h1-28H. The lowest BCUT2D eigenvalue weighted by Gasteiger charge is -2.13. The average Bonchev–Trinajstić information content (AvgIpc) is 3.76. The second kappa shape index (κ2) is 11.6.